The third kappa shape index (κ3) is 6.61. The topological polar surface area (TPSA) is 132 Å². The van der Waals surface area contributed by atoms with Gasteiger partial charge in [-0.05, 0) is 47.5 Å². The molecule has 0 radical (unpaired) electrons. The fourth-order valence-electron chi connectivity index (χ4n) is 4.17. The van der Waals surface area contributed by atoms with Gasteiger partial charge in [-0.15, -0.1) is 0 Å². The van der Waals surface area contributed by atoms with Gasteiger partial charge >= 0.3 is 0 Å². The van der Waals surface area contributed by atoms with Gasteiger partial charge in [0, 0.05) is 11.5 Å². The molecule has 1 N–H and O–H groups in total. The van der Waals surface area contributed by atoms with Crippen molar-refractivity contribution in [2.45, 2.75) is 33.9 Å². The van der Waals surface area contributed by atoms with E-state index in [0.717, 1.165) is 23.3 Å². The SMILES string of the molecule is CC(C)(c1ccccc1)c1ccc(Oc2ccc(S(=O)(=O)c3ccccc3)c(S(=O)(=O)CCS(=O)(=O)O)c2)cc1. The molecular formula is C29H28O8S3. The minimum Gasteiger partial charge on any atom is -0.457 e. The van der Waals surface area contributed by atoms with Gasteiger partial charge in [-0.3, -0.25) is 4.55 Å². The average Bonchev–Trinajstić information content (AvgIpc) is 2.93. The van der Waals surface area contributed by atoms with Crippen LogP contribution in [-0.4, -0.2) is 41.3 Å². The molecule has 8 nitrogen and oxygen atoms in total. The number of hydrogen-bond acceptors (Lipinski definition) is 7. The highest BCUT2D eigenvalue weighted by Crippen LogP contribution is 2.35. The molecule has 0 bridgehead atoms. The van der Waals surface area contributed by atoms with Crippen molar-refractivity contribution in [3.05, 3.63) is 114 Å². The van der Waals surface area contributed by atoms with Crippen LogP contribution in [0.2, 0.25) is 0 Å². The molecule has 210 valence electrons. The zero-order chi connectivity index (χ0) is 29.2. The molecule has 0 aliphatic carbocycles. The van der Waals surface area contributed by atoms with Gasteiger partial charge in [-0.1, -0.05) is 74.5 Å². The van der Waals surface area contributed by atoms with Gasteiger partial charge in [-0.25, -0.2) is 16.8 Å². The second-order valence-electron chi connectivity index (χ2n) is 9.65. The first-order valence-electron chi connectivity index (χ1n) is 12.2. The van der Waals surface area contributed by atoms with Crippen LogP contribution in [0.15, 0.2) is 118 Å². The van der Waals surface area contributed by atoms with Gasteiger partial charge in [0.05, 0.1) is 26.2 Å². The molecule has 0 atom stereocenters. The molecule has 4 aromatic carbocycles. The lowest BCUT2D eigenvalue weighted by Crippen LogP contribution is -2.19. The Hall–Kier alpha value is -3.51. The Balaban J connectivity index is 1.71. The highest BCUT2D eigenvalue weighted by Gasteiger charge is 2.30. The van der Waals surface area contributed by atoms with E-state index >= 15 is 0 Å². The summed E-state index contributed by atoms with van der Waals surface area (Å²) in [5, 5.41) is 0. The second kappa shape index (κ2) is 11.2. The predicted molar refractivity (Wildman–Crippen MR) is 152 cm³/mol. The summed E-state index contributed by atoms with van der Waals surface area (Å²) >= 11 is 0. The normalized spacial score (nSPS) is 12.7. The van der Waals surface area contributed by atoms with E-state index in [-0.39, 0.29) is 16.1 Å². The van der Waals surface area contributed by atoms with E-state index in [2.05, 4.69) is 13.8 Å². The van der Waals surface area contributed by atoms with E-state index in [1.807, 2.05) is 42.5 Å². The smallest absolute Gasteiger partial charge is 0.265 e. The Kier molecular flexibility index (Phi) is 8.23. The Morgan fingerprint density at radius 2 is 1.15 bits per heavy atom. The molecule has 40 heavy (non-hydrogen) atoms. The number of rotatable bonds is 10. The van der Waals surface area contributed by atoms with Crippen molar-refractivity contribution in [2.24, 2.45) is 0 Å². The monoisotopic (exact) mass is 600 g/mol. The van der Waals surface area contributed by atoms with Crippen molar-refractivity contribution in [1.82, 2.24) is 0 Å². The van der Waals surface area contributed by atoms with E-state index in [1.54, 1.807) is 18.2 Å². The first-order chi connectivity index (χ1) is 18.7. The molecule has 4 rings (SSSR count). The molecular weight excluding hydrogens is 573 g/mol. The van der Waals surface area contributed by atoms with Crippen LogP contribution in [-0.2, 0) is 35.2 Å². The molecule has 4 aromatic rings. The summed E-state index contributed by atoms with van der Waals surface area (Å²) in [7, 11) is -13.4. The Bertz CT molecular complexity index is 1810. The quantitative estimate of drug-likeness (QED) is 0.243. The fraction of sp³-hybridized carbons (Fsp3) is 0.172. The first kappa shape index (κ1) is 29.5. The van der Waals surface area contributed by atoms with E-state index in [9.17, 15) is 25.3 Å². The van der Waals surface area contributed by atoms with Crippen molar-refractivity contribution >= 4 is 29.8 Å². The zero-order valence-corrected chi connectivity index (χ0v) is 24.2. The van der Waals surface area contributed by atoms with E-state index in [4.69, 9.17) is 9.29 Å². The van der Waals surface area contributed by atoms with Gasteiger partial charge in [-0.2, -0.15) is 8.42 Å². The van der Waals surface area contributed by atoms with Gasteiger partial charge in [0.15, 0.2) is 9.84 Å². The summed E-state index contributed by atoms with van der Waals surface area (Å²) in [6.07, 6.45) is 0. The molecule has 0 spiro atoms. The van der Waals surface area contributed by atoms with Crippen LogP contribution in [0.4, 0.5) is 0 Å². The maximum Gasteiger partial charge on any atom is 0.265 e. The van der Waals surface area contributed by atoms with Crippen molar-refractivity contribution < 1.29 is 34.5 Å². The summed E-state index contributed by atoms with van der Waals surface area (Å²) in [5.74, 6) is -1.69. The average molecular weight is 601 g/mol. The predicted octanol–water partition coefficient (Wildman–Crippen LogP) is 5.30. The highest BCUT2D eigenvalue weighted by atomic mass is 32.2. The molecule has 0 amide bonds. The molecule has 0 aromatic heterocycles. The Morgan fingerprint density at radius 3 is 1.73 bits per heavy atom. The Labute approximate surface area is 234 Å². The number of ether oxygens (including phenoxy) is 1. The summed E-state index contributed by atoms with van der Waals surface area (Å²) in [4.78, 5) is -1.29. The van der Waals surface area contributed by atoms with Gasteiger partial charge in [0.2, 0.25) is 9.84 Å². The molecule has 0 aliphatic rings. The van der Waals surface area contributed by atoms with Crippen LogP contribution in [0.3, 0.4) is 0 Å². The molecule has 0 saturated carbocycles. The minimum atomic E-state index is -4.62. The number of benzene rings is 4. The van der Waals surface area contributed by atoms with Crippen LogP contribution < -0.4 is 4.74 Å². The zero-order valence-electron chi connectivity index (χ0n) is 21.8. The van der Waals surface area contributed by atoms with Crippen LogP contribution in [0.25, 0.3) is 0 Å². The Morgan fingerprint density at radius 1 is 0.625 bits per heavy atom. The largest absolute Gasteiger partial charge is 0.457 e. The van der Waals surface area contributed by atoms with E-state index in [0.29, 0.717) is 5.75 Å². The van der Waals surface area contributed by atoms with Crippen LogP contribution in [0, 0.1) is 0 Å². The molecule has 0 unspecified atom stereocenters. The van der Waals surface area contributed by atoms with Crippen molar-refractivity contribution in [1.29, 1.82) is 0 Å². The minimum absolute atomic E-state index is 0.0347. The van der Waals surface area contributed by atoms with Crippen molar-refractivity contribution in [3.8, 4) is 11.5 Å². The lowest BCUT2D eigenvalue weighted by atomic mass is 9.78. The lowest BCUT2D eigenvalue weighted by molar-refractivity contribution is 0.478. The standard InChI is InChI=1S/C29H28O8S3/c1-29(2,22-9-5-3-6-10-22)23-13-15-24(16-14-23)37-25-17-18-27(40(35,36)26-11-7-4-8-12-26)28(21-25)38(30,31)19-20-39(32,33)34/h3-18,21H,19-20H2,1-2H3,(H,32,33,34). The molecule has 0 fully saturated rings. The van der Waals surface area contributed by atoms with E-state index < -0.39 is 51.1 Å². The summed E-state index contributed by atoms with van der Waals surface area (Å²) < 4.78 is 90.5. The highest BCUT2D eigenvalue weighted by molar-refractivity contribution is 7.95. The molecule has 0 heterocycles. The van der Waals surface area contributed by atoms with Crippen LogP contribution in [0.5, 0.6) is 11.5 Å². The third-order valence-corrected chi connectivity index (χ3v) is 11.2. The lowest BCUT2D eigenvalue weighted by Gasteiger charge is -2.26. The van der Waals surface area contributed by atoms with Gasteiger partial charge in [0.25, 0.3) is 10.1 Å². The van der Waals surface area contributed by atoms with Crippen molar-refractivity contribution in [3.63, 3.8) is 0 Å². The number of sulfone groups is 2. The maximum atomic E-state index is 13.3. The second-order valence-corrected chi connectivity index (χ2v) is 15.2. The number of hydrogen-bond donors (Lipinski definition) is 1. The van der Waals surface area contributed by atoms with Gasteiger partial charge in [0.1, 0.15) is 11.5 Å². The van der Waals surface area contributed by atoms with Crippen LogP contribution >= 0.6 is 0 Å². The maximum absolute atomic E-state index is 13.3. The molecule has 11 heteroatoms. The summed E-state index contributed by atoms with van der Waals surface area (Å²) in [6, 6.07) is 28.0. The molecule has 0 saturated heterocycles. The van der Waals surface area contributed by atoms with Crippen LogP contribution in [0.1, 0.15) is 25.0 Å². The van der Waals surface area contributed by atoms with Crippen molar-refractivity contribution in [2.75, 3.05) is 11.5 Å². The summed E-state index contributed by atoms with van der Waals surface area (Å²) in [6.45, 7) is 4.18. The first-order valence-corrected chi connectivity index (χ1v) is 16.9. The third-order valence-electron chi connectivity index (χ3n) is 6.51. The van der Waals surface area contributed by atoms with E-state index in [1.165, 1.54) is 30.3 Å². The van der Waals surface area contributed by atoms with Gasteiger partial charge < -0.3 is 4.74 Å². The summed E-state index contributed by atoms with van der Waals surface area (Å²) in [5.41, 5.74) is 1.85. The molecule has 0 aliphatic heterocycles. The fourth-order valence-corrected chi connectivity index (χ4v) is 8.83.